The summed E-state index contributed by atoms with van der Waals surface area (Å²) in [6, 6.07) is 29.4. The SMILES string of the molecule is C=C(C)[C@H]1C(Cc2ccccc2)=C(c2ccccc2C#N)c2ccccc21. The van der Waals surface area contributed by atoms with Crippen molar-refractivity contribution in [2.24, 2.45) is 0 Å². The van der Waals surface area contributed by atoms with Crippen LogP contribution in [0.3, 0.4) is 0 Å². The Hall–Kier alpha value is -3.37. The number of fused-ring (bicyclic) bond motifs is 1. The number of hydrogen-bond donors (Lipinski definition) is 0. The van der Waals surface area contributed by atoms with Crippen molar-refractivity contribution in [3.63, 3.8) is 0 Å². The number of allylic oxidation sites excluding steroid dienone is 2. The molecule has 0 saturated heterocycles. The summed E-state index contributed by atoms with van der Waals surface area (Å²) in [7, 11) is 0. The third-order valence-electron chi connectivity index (χ3n) is 5.26. The lowest BCUT2D eigenvalue weighted by molar-refractivity contribution is 0.903. The van der Waals surface area contributed by atoms with Crippen LogP contribution in [0.1, 0.15) is 40.7 Å². The molecule has 3 aromatic rings. The standard InChI is InChI=1S/C26H21N/c1-18(2)25-22-14-8-9-15-23(22)26(21-13-7-6-12-20(21)17-27)24(25)16-19-10-4-3-5-11-19/h3-15,25H,1,16H2,2H3/t25-/m1/s1. The van der Waals surface area contributed by atoms with Crippen LogP contribution in [-0.4, -0.2) is 0 Å². The lowest BCUT2D eigenvalue weighted by atomic mass is 9.85. The highest BCUT2D eigenvalue weighted by Gasteiger charge is 2.32. The van der Waals surface area contributed by atoms with Crippen LogP contribution in [0.5, 0.6) is 0 Å². The normalized spacial score (nSPS) is 15.3. The predicted octanol–water partition coefficient (Wildman–Crippen LogP) is 6.28. The molecule has 0 fully saturated rings. The van der Waals surface area contributed by atoms with Gasteiger partial charge in [0.25, 0.3) is 0 Å². The lowest BCUT2D eigenvalue weighted by Crippen LogP contribution is -2.03. The third kappa shape index (κ3) is 3.00. The zero-order valence-electron chi connectivity index (χ0n) is 15.4. The molecule has 0 aromatic heterocycles. The smallest absolute Gasteiger partial charge is 0.0998 e. The molecule has 0 bridgehead atoms. The zero-order valence-corrected chi connectivity index (χ0v) is 15.4. The van der Waals surface area contributed by atoms with Gasteiger partial charge in [-0.3, -0.25) is 0 Å². The van der Waals surface area contributed by atoms with Crippen LogP contribution >= 0.6 is 0 Å². The molecule has 3 aromatic carbocycles. The van der Waals surface area contributed by atoms with Crippen LogP contribution in [0.15, 0.2) is 96.6 Å². The molecule has 4 rings (SSSR count). The van der Waals surface area contributed by atoms with Gasteiger partial charge in [0, 0.05) is 11.5 Å². The number of hydrogen-bond acceptors (Lipinski definition) is 1. The van der Waals surface area contributed by atoms with Crippen molar-refractivity contribution in [1.29, 1.82) is 5.26 Å². The Kier molecular flexibility index (Phi) is 4.48. The molecule has 1 aliphatic rings. The molecular formula is C26H21N. The molecule has 0 radical (unpaired) electrons. The van der Waals surface area contributed by atoms with Crippen LogP contribution in [-0.2, 0) is 6.42 Å². The highest BCUT2D eigenvalue weighted by molar-refractivity contribution is 5.91. The molecule has 0 spiro atoms. The van der Waals surface area contributed by atoms with Crippen LogP contribution in [0, 0.1) is 11.3 Å². The van der Waals surface area contributed by atoms with Gasteiger partial charge in [0.1, 0.15) is 0 Å². The maximum absolute atomic E-state index is 9.69. The average Bonchev–Trinajstić information content (AvgIpc) is 3.02. The Bertz CT molecular complexity index is 1080. The van der Waals surface area contributed by atoms with Crippen molar-refractivity contribution in [2.75, 3.05) is 0 Å². The Balaban J connectivity index is 2.00. The number of nitriles is 1. The maximum Gasteiger partial charge on any atom is 0.0998 e. The van der Waals surface area contributed by atoms with E-state index >= 15 is 0 Å². The maximum atomic E-state index is 9.69. The second-order valence-corrected chi connectivity index (χ2v) is 7.09. The van der Waals surface area contributed by atoms with Crippen molar-refractivity contribution in [3.8, 4) is 6.07 Å². The van der Waals surface area contributed by atoms with E-state index in [1.807, 2.05) is 24.3 Å². The van der Waals surface area contributed by atoms with E-state index in [1.165, 1.54) is 27.8 Å². The summed E-state index contributed by atoms with van der Waals surface area (Å²) in [5.41, 5.74) is 9.18. The molecule has 1 heteroatoms. The first-order valence-electron chi connectivity index (χ1n) is 9.22. The van der Waals surface area contributed by atoms with Crippen LogP contribution < -0.4 is 0 Å². The Labute approximate surface area is 160 Å². The zero-order chi connectivity index (χ0) is 18.8. The topological polar surface area (TPSA) is 23.8 Å². The van der Waals surface area contributed by atoms with Gasteiger partial charge in [-0.05, 0) is 47.2 Å². The van der Waals surface area contributed by atoms with Gasteiger partial charge in [0.15, 0.2) is 0 Å². The molecule has 0 aliphatic heterocycles. The first kappa shape index (κ1) is 17.1. The summed E-state index contributed by atoms with van der Waals surface area (Å²) >= 11 is 0. The highest BCUT2D eigenvalue weighted by atomic mass is 14.4. The summed E-state index contributed by atoms with van der Waals surface area (Å²) in [6.07, 6.45) is 0.849. The van der Waals surface area contributed by atoms with Crippen LogP contribution in [0.4, 0.5) is 0 Å². The van der Waals surface area contributed by atoms with Gasteiger partial charge in [0.2, 0.25) is 0 Å². The minimum Gasteiger partial charge on any atom is -0.192 e. The van der Waals surface area contributed by atoms with Gasteiger partial charge in [-0.1, -0.05) is 84.9 Å². The largest absolute Gasteiger partial charge is 0.192 e. The van der Waals surface area contributed by atoms with E-state index in [0.29, 0.717) is 0 Å². The van der Waals surface area contributed by atoms with E-state index in [-0.39, 0.29) is 5.92 Å². The molecule has 0 N–H and O–H groups in total. The number of nitrogens with zero attached hydrogens (tertiary/aromatic N) is 1. The third-order valence-corrected chi connectivity index (χ3v) is 5.26. The molecule has 0 amide bonds. The van der Waals surface area contributed by atoms with E-state index in [0.717, 1.165) is 23.1 Å². The molecule has 1 atom stereocenters. The van der Waals surface area contributed by atoms with Crippen molar-refractivity contribution >= 4 is 5.57 Å². The van der Waals surface area contributed by atoms with Gasteiger partial charge < -0.3 is 0 Å². The van der Waals surface area contributed by atoms with Gasteiger partial charge in [-0.25, -0.2) is 0 Å². The summed E-state index contributed by atoms with van der Waals surface area (Å²) in [5.74, 6) is 0.183. The van der Waals surface area contributed by atoms with Crippen LogP contribution in [0.2, 0.25) is 0 Å². The summed E-state index contributed by atoms with van der Waals surface area (Å²) in [5, 5.41) is 9.69. The van der Waals surface area contributed by atoms with E-state index in [2.05, 4.69) is 74.2 Å². The predicted molar refractivity (Wildman–Crippen MR) is 111 cm³/mol. The molecule has 0 unspecified atom stereocenters. The second-order valence-electron chi connectivity index (χ2n) is 7.09. The van der Waals surface area contributed by atoms with Crippen molar-refractivity contribution in [2.45, 2.75) is 19.3 Å². The molecule has 27 heavy (non-hydrogen) atoms. The van der Waals surface area contributed by atoms with E-state index in [1.54, 1.807) is 0 Å². The minimum atomic E-state index is 0.183. The fraction of sp³-hybridized carbons (Fsp3) is 0.115. The van der Waals surface area contributed by atoms with E-state index < -0.39 is 0 Å². The molecule has 130 valence electrons. The van der Waals surface area contributed by atoms with Crippen molar-refractivity contribution in [1.82, 2.24) is 0 Å². The minimum absolute atomic E-state index is 0.183. The van der Waals surface area contributed by atoms with E-state index in [9.17, 15) is 5.26 Å². The van der Waals surface area contributed by atoms with Gasteiger partial charge in [-0.15, -0.1) is 0 Å². The number of rotatable bonds is 4. The molecule has 1 nitrogen and oxygen atoms in total. The molecule has 0 heterocycles. The highest BCUT2D eigenvalue weighted by Crippen LogP contribution is 2.49. The second kappa shape index (κ2) is 7.09. The van der Waals surface area contributed by atoms with Crippen molar-refractivity contribution in [3.05, 3.63) is 124 Å². The fourth-order valence-corrected chi connectivity index (χ4v) is 4.17. The van der Waals surface area contributed by atoms with Gasteiger partial charge in [0.05, 0.1) is 11.6 Å². The van der Waals surface area contributed by atoms with Gasteiger partial charge in [-0.2, -0.15) is 5.26 Å². The first-order chi connectivity index (χ1) is 13.2. The number of benzene rings is 3. The van der Waals surface area contributed by atoms with Gasteiger partial charge >= 0.3 is 0 Å². The summed E-state index contributed by atoms with van der Waals surface area (Å²) in [6.45, 7) is 6.40. The Morgan fingerprint density at radius 3 is 2.22 bits per heavy atom. The Morgan fingerprint density at radius 2 is 1.52 bits per heavy atom. The quantitative estimate of drug-likeness (QED) is 0.510. The fourth-order valence-electron chi connectivity index (χ4n) is 4.17. The monoisotopic (exact) mass is 347 g/mol. The average molecular weight is 347 g/mol. The Morgan fingerprint density at radius 1 is 0.889 bits per heavy atom. The molecule has 1 aliphatic carbocycles. The summed E-state index contributed by atoms with van der Waals surface area (Å²) < 4.78 is 0. The molecule has 0 saturated carbocycles. The van der Waals surface area contributed by atoms with E-state index in [4.69, 9.17) is 0 Å². The lowest BCUT2D eigenvalue weighted by Gasteiger charge is -2.18. The van der Waals surface area contributed by atoms with Crippen LogP contribution in [0.25, 0.3) is 5.57 Å². The first-order valence-corrected chi connectivity index (χ1v) is 9.22. The summed E-state index contributed by atoms with van der Waals surface area (Å²) in [4.78, 5) is 0. The molecular weight excluding hydrogens is 326 g/mol. The van der Waals surface area contributed by atoms with Crippen molar-refractivity contribution < 1.29 is 0 Å².